The van der Waals surface area contributed by atoms with Gasteiger partial charge in [0, 0.05) is 30.7 Å². The number of hydrogen-bond donors (Lipinski definition) is 2. The van der Waals surface area contributed by atoms with E-state index in [1.165, 1.54) is 5.06 Å². The summed E-state index contributed by atoms with van der Waals surface area (Å²) in [6, 6.07) is 16.6. The Hall–Kier alpha value is -4.04. The zero-order valence-electron chi connectivity index (χ0n) is 20.0. The van der Waals surface area contributed by atoms with E-state index in [0.29, 0.717) is 12.4 Å². The molecule has 178 valence electrons. The van der Waals surface area contributed by atoms with E-state index in [2.05, 4.69) is 74.6 Å². The fourth-order valence-electron chi connectivity index (χ4n) is 4.65. The summed E-state index contributed by atoms with van der Waals surface area (Å²) in [5.74, 6) is 1.48. The van der Waals surface area contributed by atoms with Gasteiger partial charge in [0.05, 0.1) is 0 Å². The van der Waals surface area contributed by atoms with Crippen LogP contribution < -0.4 is 0 Å². The van der Waals surface area contributed by atoms with Crippen LogP contribution >= 0.6 is 0 Å². The van der Waals surface area contributed by atoms with E-state index in [9.17, 15) is 5.21 Å². The molecular weight excluding hydrogens is 438 g/mol. The Morgan fingerprint density at radius 3 is 2.57 bits per heavy atom. The number of nitrogens with one attached hydrogen (secondary N) is 1. The fraction of sp³-hybridized carbons (Fsp3) is 0.259. The number of aromatic nitrogens is 6. The maximum Gasteiger partial charge on any atom is 0.180 e. The maximum atomic E-state index is 11.0. The summed E-state index contributed by atoms with van der Waals surface area (Å²) in [6.07, 6.45) is 12.5. The molecule has 3 heterocycles. The van der Waals surface area contributed by atoms with Crippen molar-refractivity contribution in [3.8, 4) is 22.5 Å². The highest BCUT2D eigenvalue weighted by molar-refractivity contribution is 5.80. The summed E-state index contributed by atoms with van der Waals surface area (Å²) in [6.45, 7) is 4.80. The van der Waals surface area contributed by atoms with Crippen LogP contribution in [0.1, 0.15) is 44.5 Å². The molecule has 0 radical (unpaired) electrons. The van der Waals surface area contributed by atoms with Gasteiger partial charge in [-0.05, 0) is 52.1 Å². The minimum Gasteiger partial charge on any atom is -0.328 e. The Morgan fingerprint density at radius 2 is 1.86 bits per heavy atom. The number of rotatable bonds is 8. The number of H-pyrrole nitrogens is 1. The molecule has 1 unspecified atom stereocenters. The number of imidazole rings is 1. The molecule has 0 fully saturated rings. The zero-order chi connectivity index (χ0) is 24.3. The third kappa shape index (κ3) is 4.40. The van der Waals surface area contributed by atoms with Crippen molar-refractivity contribution in [3.63, 3.8) is 0 Å². The highest BCUT2D eigenvalue weighted by atomic mass is 16.5. The van der Waals surface area contributed by atoms with Crippen molar-refractivity contribution in [1.29, 1.82) is 0 Å². The second kappa shape index (κ2) is 9.68. The van der Waals surface area contributed by atoms with Crippen LogP contribution in [0.4, 0.5) is 0 Å². The first-order chi connectivity index (χ1) is 17.1. The second-order valence-corrected chi connectivity index (χ2v) is 8.95. The van der Waals surface area contributed by atoms with Crippen molar-refractivity contribution in [2.45, 2.75) is 45.2 Å². The summed E-state index contributed by atoms with van der Waals surface area (Å²) in [4.78, 5) is 4.70. The van der Waals surface area contributed by atoms with Crippen molar-refractivity contribution in [1.82, 2.24) is 35.2 Å². The molecule has 5 rings (SSSR count). The molecule has 0 saturated carbocycles. The van der Waals surface area contributed by atoms with E-state index < -0.39 is 5.54 Å². The Kier molecular flexibility index (Phi) is 6.29. The van der Waals surface area contributed by atoms with Crippen molar-refractivity contribution in [2.24, 2.45) is 0 Å². The van der Waals surface area contributed by atoms with Gasteiger partial charge in [0.1, 0.15) is 11.4 Å². The topological polar surface area (TPSA) is 95.8 Å². The van der Waals surface area contributed by atoms with E-state index in [1.54, 1.807) is 6.20 Å². The number of allylic oxidation sites excluding steroid dienone is 2. The number of hydroxylamine groups is 2. The van der Waals surface area contributed by atoms with E-state index in [-0.39, 0.29) is 0 Å². The average molecular weight is 468 g/mol. The molecule has 8 heteroatoms. The minimum atomic E-state index is -0.678. The molecule has 35 heavy (non-hydrogen) atoms. The lowest BCUT2D eigenvalue weighted by atomic mass is 9.88. The standard InChI is InChI=1S/C27H29N7O/c1-3-4-14-27(15-13-20(2)18-34(27)35)26-28-16-17-33(26)19-21-9-11-22(12-10-21)23-7-5-6-8-24(23)25-29-31-32-30-25/h5-13,15-18,35H,3-4,14,19H2,1-2H3,(H,29,30,31,32). The first-order valence-electron chi connectivity index (χ1n) is 11.9. The van der Waals surface area contributed by atoms with Gasteiger partial charge in [-0.1, -0.05) is 74.4 Å². The smallest absolute Gasteiger partial charge is 0.180 e. The predicted molar refractivity (Wildman–Crippen MR) is 134 cm³/mol. The number of tetrazole rings is 1. The fourth-order valence-corrected chi connectivity index (χ4v) is 4.65. The summed E-state index contributed by atoms with van der Waals surface area (Å²) in [5.41, 5.74) is 4.58. The molecule has 0 bridgehead atoms. The molecule has 1 aliphatic heterocycles. The van der Waals surface area contributed by atoms with Gasteiger partial charge in [-0.3, -0.25) is 5.21 Å². The summed E-state index contributed by atoms with van der Waals surface area (Å²) < 4.78 is 2.13. The van der Waals surface area contributed by atoms with Gasteiger partial charge in [-0.15, -0.1) is 5.10 Å². The Morgan fingerprint density at radius 1 is 1.06 bits per heavy atom. The zero-order valence-corrected chi connectivity index (χ0v) is 20.0. The highest BCUT2D eigenvalue weighted by Crippen LogP contribution is 2.37. The molecule has 8 nitrogen and oxygen atoms in total. The van der Waals surface area contributed by atoms with Gasteiger partial charge in [-0.2, -0.15) is 0 Å². The van der Waals surface area contributed by atoms with Gasteiger partial charge in [-0.25, -0.2) is 15.1 Å². The van der Waals surface area contributed by atoms with Crippen LogP contribution in [-0.2, 0) is 12.1 Å². The van der Waals surface area contributed by atoms with E-state index in [0.717, 1.165) is 52.9 Å². The van der Waals surface area contributed by atoms with Crippen LogP contribution in [0.3, 0.4) is 0 Å². The Bertz CT molecular complexity index is 1340. The third-order valence-corrected chi connectivity index (χ3v) is 6.52. The molecule has 0 amide bonds. The van der Waals surface area contributed by atoms with E-state index in [1.807, 2.05) is 37.5 Å². The number of hydrogen-bond acceptors (Lipinski definition) is 6. The molecular formula is C27H29N7O. The summed E-state index contributed by atoms with van der Waals surface area (Å²) >= 11 is 0. The second-order valence-electron chi connectivity index (χ2n) is 8.95. The lowest BCUT2D eigenvalue weighted by Gasteiger charge is -2.39. The third-order valence-electron chi connectivity index (χ3n) is 6.52. The Balaban J connectivity index is 1.43. The van der Waals surface area contributed by atoms with Crippen LogP contribution in [0.25, 0.3) is 22.5 Å². The van der Waals surface area contributed by atoms with Crippen molar-refractivity contribution in [2.75, 3.05) is 0 Å². The largest absolute Gasteiger partial charge is 0.328 e. The normalized spacial score (nSPS) is 17.6. The van der Waals surface area contributed by atoms with Crippen LogP contribution in [-0.4, -0.2) is 40.4 Å². The van der Waals surface area contributed by atoms with Crippen molar-refractivity contribution < 1.29 is 5.21 Å². The quantitative estimate of drug-likeness (QED) is 0.364. The number of nitrogens with zero attached hydrogens (tertiary/aromatic N) is 6. The SMILES string of the molecule is CCCCC1(c2nccn2Cc2ccc(-c3ccccc3-c3nnn[nH]3)cc2)C=CC(C)=CN1O. The molecule has 0 saturated heterocycles. The first kappa shape index (κ1) is 22.7. The first-order valence-corrected chi connectivity index (χ1v) is 11.9. The monoisotopic (exact) mass is 467 g/mol. The summed E-state index contributed by atoms with van der Waals surface area (Å²) in [7, 11) is 0. The van der Waals surface area contributed by atoms with Gasteiger partial charge in [0.15, 0.2) is 5.82 Å². The maximum absolute atomic E-state index is 11.0. The van der Waals surface area contributed by atoms with Crippen LogP contribution in [0.15, 0.2) is 84.8 Å². The predicted octanol–water partition coefficient (Wildman–Crippen LogP) is 5.33. The van der Waals surface area contributed by atoms with E-state index >= 15 is 0 Å². The van der Waals surface area contributed by atoms with Crippen LogP contribution in [0, 0.1) is 0 Å². The number of aromatic amines is 1. The molecule has 2 N–H and O–H groups in total. The van der Waals surface area contributed by atoms with Gasteiger partial charge >= 0.3 is 0 Å². The van der Waals surface area contributed by atoms with Crippen LogP contribution in [0.2, 0.25) is 0 Å². The average Bonchev–Trinajstić information content (AvgIpc) is 3.58. The molecule has 0 aliphatic carbocycles. The lowest BCUT2D eigenvalue weighted by Crippen LogP contribution is -2.43. The molecule has 2 aromatic heterocycles. The summed E-state index contributed by atoms with van der Waals surface area (Å²) in [5, 5.41) is 26.7. The Labute approximate surface area is 204 Å². The molecule has 0 spiro atoms. The molecule has 1 atom stereocenters. The van der Waals surface area contributed by atoms with Gasteiger partial charge < -0.3 is 4.57 Å². The highest BCUT2D eigenvalue weighted by Gasteiger charge is 2.39. The van der Waals surface area contributed by atoms with E-state index in [4.69, 9.17) is 4.98 Å². The van der Waals surface area contributed by atoms with Gasteiger partial charge in [0.25, 0.3) is 0 Å². The van der Waals surface area contributed by atoms with Crippen LogP contribution in [0.5, 0.6) is 0 Å². The molecule has 2 aromatic carbocycles. The number of unbranched alkanes of at least 4 members (excludes halogenated alkanes) is 1. The molecule has 4 aromatic rings. The molecule has 1 aliphatic rings. The lowest BCUT2D eigenvalue weighted by molar-refractivity contribution is -0.125. The minimum absolute atomic E-state index is 0.642. The van der Waals surface area contributed by atoms with Crippen molar-refractivity contribution >= 4 is 0 Å². The van der Waals surface area contributed by atoms with Crippen molar-refractivity contribution in [3.05, 3.63) is 96.2 Å². The number of benzene rings is 2. The van der Waals surface area contributed by atoms with Gasteiger partial charge in [0.2, 0.25) is 0 Å².